The topological polar surface area (TPSA) is 74.5 Å². The van der Waals surface area contributed by atoms with Gasteiger partial charge in [0.25, 0.3) is 0 Å². The molecule has 0 spiro atoms. The van der Waals surface area contributed by atoms with Crippen molar-refractivity contribution < 1.29 is 14.3 Å². The summed E-state index contributed by atoms with van der Waals surface area (Å²) < 4.78 is 5.56. The zero-order valence-electron chi connectivity index (χ0n) is 6.71. The molecule has 0 bridgehead atoms. The molecular weight excluding hydrogens is 240 g/mol. The van der Waals surface area contributed by atoms with E-state index in [1.54, 1.807) is 12.1 Å². The second-order valence-electron chi connectivity index (χ2n) is 2.21. The Morgan fingerprint density at radius 2 is 2.38 bits per heavy atom. The van der Waals surface area contributed by atoms with Crippen LogP contribution in [0.2, 0.25) is 0 Å². The van der Waals surface area contributed by atoms with Gasteiger partial charge in [-0.2, -0.15) is 0 Å². The van der Waals surface area contributed by atoms with Gasteiger partial charge in [0.2, 0.25) is 5.88 Å². The van der Waals surface area contributed by atoms with Crippen LogP contribution in [0.3, 0.4) is 0 Å². The average Bonchev–Trinajstić information content (AvgIpc) is 2.48. The first-order valence-corrected chi connectivity index (χ1v) is 4.42. The lowest BCUT2D eigenvalue weighted by molar-refractivity contribution is 0.244. The quantitative estimate of drug-likeness (QED) is 0.752. The Bertz CT molecular complexity index is 287. The Labute approximate surface area is 83.2 Å². The Kier molecular flexibility index (Phi) is 3.78. The number of anilines is 1. The van der Waals surface area contributed by atoms with Crippen molar-refractivity contribution in [3.05, 3.63) is 16.8 Å². The number of hydrogen-bond donors (Lipinski definition) is 3. The summed E-state index contributed by atoms with van der Waals surface area (Å²) in [6.45, 7) is 0.128. The molecule has 0 aliphatic rings. The van der Waals surface area contributed by atoms with Gasteiger partial charge in [0.05, 0.1) is 6.61 Å². The molecule has 72 valence electrons. The average molecular weight is 249 g/mol. The minimum atomic E-state index is -0.407. The van der Waals surface area contributed by atoms with Crippen molar-refractivity contribution in [3.8, 4) is 0 Å². The van der Waals surface area contributed by atoms with Crippen molar-refractivity contribution in [2.75, 3.05) is 18.5 Å². The molecule has 13 heavy (non-hydrogen) atoms. The molecule has 5 nitrogen and oxygen atoms in total. The van der Waals surface area contributed by atoms with Crippen molar-refractivity contribution in [2.45, 2.75) is 0 Å². The highest BCUT2D eigenvalue weighted by Crippen LogP contribution is 2.17. The molecule has 0 atom stereocenters. The molecular formula is C7H9BrN2O3. The lowest BCUT2D eigenvalue weighted by Crippen LogP contribution is -2.30. The van der Waals surface area contributed by atoms with E-state index in [-0.39, 0.29) is 13.2 Å². The number of urea groups is 1. The van der Waals surface area contributed by atoms with Gasteiger partial charge in [-0.05, 0) is 22.0 Å². The van der Waals surface area contributed by atoms with Gasteiger partial charge in [0.1, 0.15) is 0 Å². The first-order chi connectivity index (χ1) is 6.22. The maximum atomic E-state index is 11.0. The number of amides is 2. The van der Waals surface area contributed by atoms with Crippen LogP contribution < -0.4 is 10.6 Å². The second kappa shape index (κ2) is 4.88. The van der Waals surface area contributed by atoms with Gasteiger partial charge in [-0.3, -0.25) is 5.32 Å². The van der Waals surface area contributed by atoms with E-state index in [0.717, 1.165) is 0 Å². The summed E-state index contributed by atoms with van der Waals surface area (Å²) in [5.41, 5.74) is 0. The summed E-state index contributed by atoms with van der Waals surface area (Å²) in [5, 5.41) is 13.3. The van der Waals surface area contributed by atoms with E-state index in [1.165, 1.54) is 0 Å². The number of halogens is 1. The molecule has 1 aromatic rings. The number of rotatable bonds is 3. The number of furan rings is 1. The highest BCUT2D eigenvalue weighted by molar-refractivity contribution is 9.10. The third kappa shape index (κ3) is 3.47. The van der Waals surface area contributed by atoms with Gasteiger partial charge in [0.15, 0.2) is 4.67 Å². The lowest BCUT2D eigenvalue weighted by Gasteiger charge is -2.02. The standard InChI is InChI=1S/C7H9BrN2O3/c8-5-1-2-6(13-5)10-7(12)9-3-4-11/h1-2,11H,3-4H2,(H2,9,10,12). The summed E-state index contributed by atoms with van der Waals surface area (Å²) in [6.07, 6.45) is 0. The summed E-state index contributed by atoms with van der Waals surface area (Å²) >= 11 is 3.10. The number of carbonyl (C=O) groups is 1. The SMILES string of the molecule is O=C(NCCO)Nc1ccc(Br)o1. The highest BCUT2D eigenvalue weighted by Gasteiger charge is 2.03. The van der Waals surface area contributed by atoms with Crippen molar-refractivity contribution in [2.24, 2.45) is 0 Å². The van der Waals surface area contributed by atoms with Crippen LogP contribution in [0.4, 0.5) is 10.7 Å². The van der Waals surface area contributed by atoms with E-state index in [1.807, 2.05) is 0 Å². The van der Waals surface area contributed by atoms with Gasteiger partial charge in [0, 0.05) is 12.6 Å². The number of aliphatic hydroxyl groups excluding tert-OH is 1. The maximum absolute atomic E-state index is 11.0. The molecule has 0 aromatic carbocycles. The Morgan fingerprint density at radius 3 is 2.92 bits per heavy atom. The molecule has 0 saturated heterocycles. The molecule has 0 unspecified atom stereocenters. The van der Waals surface area contributed by atoms with Crippen molar-refractivity contribution in [1.82, 2.24) is 5.32 Å². The van der Waals surface area contributed by atoms with Crippen molar-refractivity contribution in [1.29, 1.82) is 0 Å². The molecule has 0 radical (unpaired) electrons. The van der Waals surface area contributed by atoms with Crippen LogP contribution in [0.25, 0.3) is 0 Å². The van der Waals surface area contributed by atoms with Gasteiger partial charge in [-0.1, -0.05) is 0 Å². The minimum Gasteiger partial charge on any atom is -0.434 e. The molecule has 0 fully saturated rings. The monoisotopic (exact) mass is 248 g/mol. The lowest BCUT2D eigenvalue weighted by atomic mass is 10.6. The normalized spacial score (nSPS) is 9.69. The minimum absolute atomic E-state index is 0.0880. The molecule has 6 heteroatoms. The summed E-state index contributed by atoms with van der Waals surface area (Å²) in [6, 6.07) is 2.88. The van der Waals surface area contributed by atoms with Gasteiger partial charge < -0.3 is 14.8 Å². The van der Waals surface area contributed by atoms with Crippen molar-refractivity contribution >= 4 is 27.8 Å². The number of nitrogens with one attached hydrogen (secondary N) is 2. The third-order valence-electron chi connectivity index (χ3n) is 1.21. The van der Waals surface area contributed by atoms with Gasteiger partial charge in [-0.25, -0.2) is 4.79 Å². The molecule has 3 N–H and O–H groups in total. The largest absolute Gasteiger partial charge is 0.434 e. The second-order valence-corrected chi connectivity index (χ2v) is 2.99. The Hall–Kier alpha value is -1.01. The maximum Gasteiger partial charge on any atom is 0.321 e. The number of carbonyl (C=O) groups excluding carboxylic acids is 1. The zero-order valence-corrected chi connectivity index (χ0v) is 8.30. The van der Waals surface area contributed by atoms with Crippen molar-refractivity contribution in [3.63, 3.8) is 0 Å². The van der Waals surface area contributed by atoms with Crippen LogP contribution in [0.15, 0.2) is 21.2 Å². The Morgan fingerprint density at radius 1 is 1.62 bits per heavy atom. The first-order valence-electron chi connectivity index (χ1n) is 3.63. The summed E-state index contributed by atoms with van der Waals surface area (Å²) in [7, 11) is 0. The van der Waals surface area contributed by atoms with Crippen LogP contribution in [-0.4, -0.2) is 24.3 Å². The van der Waals surface area contributed by atoms with E-state index in [0.29, 0.717) is 10.6 Å². The molecule has 0 saturated carbocycles. The number of hydrogen-bond acceptors (Lipinski definition) is 3. The molecule has 1 aromatic heterocycles. The van der Waals surface area contributed by atoms with Gasteiger partial charge in [-0.15, -0.1) is 0 Å². The van der Waals surface area contributed by atoms with Crippen LogP contribution in [-0.2, 0) is 0 Å². The molecule has 0 aliphatic heterocycles. The summed E-state index contributed by atoms with van der Waals surface area (Å²) in [4.78, 5) is 11.0. The van der Waals surface area contributed by atoms with E-state index < -0.39 is 6.03 Å². The number of aliphatic hydroxyl groups is 1. The molecule has 1 rings (SSSR count). The van der Waals surface area contributed by atoms with E-state index in [9.17, 15) is 4.79 Å². The summed E-state index contributed by atoms with van der Waals surface area (Å²) in [5.74, 6) is 0.349. The molecule has 2 amide bonds. The smallest absolute Gasteiger partial charge is 0.321 e. The molecule has 0 aliphatic carbocycles. The van der Waals surface area contributed by atoms with E-state index in [4.69, 9.17) is 9.52 Å². The third-order valence-corrected chi connectivity index (χ3v) is 1.63. The van der Waals surface area contributed by atoms with E-state index >= 15 is 0 Å². The van der Waals surface area contributed by atoms with Crippen LogP contribution in [0.1, 0.15) is 0 Å². The molecule has 1 heterocycles. The fourth-order valence-corrected chi connectivity index (χ4v) is 1.01. The van der Waals surface area contributed by atoms with Crippen LogP contribution >= 0.6 is 15.9 Å². The Balaban J connectivity index is 2.36. The fraction of sp³-hybridized carbons (Fsp3) is 0.286. The predicted octanol–water partition coefficient (Wildman–Crippen LogP) is 1.16. The highest BCUT2D eigenvalue weighted by atomic mass is 79.9. The zero-order chi connectivity index (χ0) is 9.68. The predicted molar refractivity (Wildman–Crippen MR) is 50.5 cm³/mol. The fourth-order valence-electron chi connectivity index (χ4n) is 0.707. The van der Waals surface area contributed by atoms with Gasteiger partial charge >= 0.3 is 6.03 Å². The van der Waals surface area contributed by atoms with E-state index in [2.05, 4.69) is 26.6 Å². The first kappa shape index (κ1) is 10.1. The van der Waals surface area contributed by atoms with Crippen LogP contribution in [0, 0.1) is 0 Å². The van der Waals surface area contributed by atoms with Crippen LogP contribution in [0.5, 0.6) is 0 Å².